The van der Waals surface area contributed by atoms with Crippen LogP contribution in [0.5, 0.6) is 0 Å². The van der Waals surface area contributed by atoms with E-state index in [1.807, 2.05) is 23.1 Å². The van der Waals surface area contributed by atoms with Crippen LogP contribution in [-0.2, 0) is 11.3 Å². The number of amides is 1. The summed E-state index contributed by atoms with van der Waals surface area (Å²) in [6.45, 7) is 12.0. The Kier molecular flexibility index (Phi) is 7.31. The van der Waals surface area contributed by atoms with Crippen molar-refractivity contribution in [1.82, 2.24) is 9.80 Å². The highest BCUT2D eigenvalue weighted by Gasteiger charge is 2.17. The third-order valence-electron chi connectivity index (χ3n) is 3.68. The van der Waals surface area contributed by atoms with Gasteiger partial charge in [0.05, 0.1) is 0 Å². The Morgan fingerprint density at radius 3 is 2.20 bits per heavy atom. The molecule has 112 valence electrons. The summed E-state index contributed by atoms with van der Waals surface area (Å²) in [6, 6.07) is 10.4. The molecule has 0 aliphatic carbocycles. The van der Waals surface area contributed by atoms with Crippen LogP contribution in [0.25, 0.3) is 0 Å². The van der Waals surface area contributed by atoms with Gasteiger partial charge in [0, 0.05) is 25.6 Å². The van der Waals surface area contributed by atoms with E-state index < -0.39 is 0 Å². The molecule has 0 radical (unpaired) electrons. The average molecular weight is 276 g/mol. The molecule has 0 saturated heterocycles. The molecule has 3 nitrogen and oxygen atoms in total. The fraction of sp³-hybridized carbons (Fsp3) is 0.588. The number of carbonyl (C=O) groups is 1. The van der Waals surface area contributed by atoms with Gasteiger partial charge in [0.2, 0.25) is 5.91 Å². The lowest BCUT2D eigenvalue weighted by Gasteiger charge is -2.28. The summed E-state index contributed by atoms with van der Waals surface area (Å²) in [4.78, 5) is 16.7. The van der Waals surface area contributed by atoms with Crippen LogP contribution in [0.3, 0.4) is 0 Å². The van der Waals surface area contributed by atoms with E-state index in [1.165, 1.54) is 5.56 Å². The van der Waals surface area contributed by atoms with Crippen LogP contribution in [0.4, 0.5) is 0 Å². The molecular formula is C17H28N2O. The zero-order valence-electron chi connectivity index (χ0n) is 13.3. The van der Waals surface area contributed by atoms with Crippen molar-refractivity contribution >= 4 is 5.91 Å². The van der Waals surface area contributed by atoms with Gasteiger partial charge in [-0.25, -0.2) is 0 Å². The number of hydrogen-bond donors (Lipinski definition) is 0. The van der Waals surface area contributed by atoms with Gasteiger partial charge in [-0.1, -0.05) is 44.2 Å². The molecule has 1 aromatic carbocycles. The van der Waals surface area contributed by atoms with E-state index >= 15 is 0 Å². The van der Waals surface area contributed by atoms with Crippen LogP contribution in [0.15, 0.2) is 30.3 Å². The maximum absolute atomic E-state index is 12.4. The monoisotopic (exact) mass is 276 g/mol. The van der Waals surface area contributed by atoms with Gasteiger partial charge in [0.25, 0.3) is 0 Å². The minimum absolute atomic E-state index is 0.236. The van der Waals surface area contributed by atoms with E-state index in [-0.39, 0.29) is 11.9 Å². The standard InChI is InChI=1S/C17H28N2O/c1-5-18(6-2)13-12-17(20)19(15(3)4)14-16-10-8-7-9-11-16/h7-11,15H,5-6,12-14H2,1-4H3. The highest BCUT2D eigenvalue weighted by Crippen LogP contribution is 2.10. The third-order valence-corrected chi connectivity index (χ3v) is 3.68. The van der Waals surface area contributed by atoms with Crippen molar-refractivity contribution in [2.75, 3.05) is 19.6 Å². The van der Waals surface area contributed by atoms with Crippen molar-refractivity contribution in [3.05, 3.63) is 35.9 Å². The zero-order chi connectivity index (χ0) is 15.0. The second-order valence-corrected chi connectivity index (χ2v) is 5.38. The van der Waals surface area contributed by atoms with Crippen molar-refractivity contribution < 1.29 is 4.79 Å². The predicted molar refractivity (Wildman–Crippen MR) is 84.5 cm³/mol. The predicted octanol–water partition coefficient (Wildman–Crippen LogP) is 3.16. The molecule has 1 amide bonds. The molecule has 1 aromatic rings. The van der Waals surface area contributed by atoms with Gasteiger partial charge >= 0.3 is 0 Å². The van der Waals surface area contributed by atoms with Crippen molar-refractivity contribution in [2.24, 2.45) is 0 Å². The molecule has 0 fully saturated rings. The van der Waals surface area contributed by atoms with Crippen molar-refractivity contribution in [2.45, 2.75) is 46.7 Å². The Morgan fingerprint density at radius 2 is 1.70 bits per heavy atom. The normalized spacial score (nSPS) is 11.1. The number of nitrogens with zero attached hydrogens (tertiary/aromatic N) is 2. The molecule has 0 aromatic heterocycles. The molecule has 1 rings (SSSR count). The SMILES string of the molecule is CCN(CC)CCC(=O)N(Cc1ccccc1)C(C)C. The van der Waals surface area contributed by atoms with Gasteiger partial charge in [-0.05, 0) is 32.5 Å². The highest BCUT2D eigenvalue weighted by molar-refractivity contribution is 5.76. The van der Waals surface area contributed by atoms with Crippen LogP contribution in [-0.4, -0.2) is 41.4 Å². The molecule has 20 heavy (non-hydrogen) atoms. The van der Waals surface area contributed by atoms with Crippen LogP contribution >= 0.6 is 0 Å². The summed E-state index contributed by atoms with van der Waals surface area (Å²) in [6.07, 6.45) is 0.604. The van der Waals surface area contributed by atoms with Gasteiger partial charge in [0.15, 0.2) is 0 Å². The van der Waals surface area contributed by atoms with Crippen molar-refractivity contribution in [3.8, 4) is 0 Å². The summed E-state index contributed by atoms with van der Waals surface area (Å²) < 4.78 is 0. The summed E-state index contributed by atoms with van der Waals surface area (Å²) in [5.74, 6) is 0.246. The van der Waals surface area contributed by atoms with Gasteiger partial charge in [-0.15, -0.1) is 0 Å². The molecule has 0 heterocycles. The summed E-state index contributed by atoms with van der Waals surface area (Å²) in [7, 11) is 0. The molecule has 0 saturated carbocycles. The lowest BCUT2D eigenvalue weighted by atomic mass is 10.1. The first-order valence-electron chi connectivity index (χ1n) is 7.64. The number of rotatable bonds is 8. The molecule has 0 aliphatic rings. The smallest absolute Gasteiger partial charge is 0.224 e. The second-order valence-electron chi connectivity index (χ2n) is 5.38. The summed E-state index contributed by atoms with van der Waals surface area (Å²) in [5, 5.41) is 0. The number of hydrogen-bond acceptors (Lipinski definition) is 2. The first-order chi connectivity index (χ1) is 9.58. The van der Waals surface area contributed by atoms with E-state index in [4.69, 9.17) is 0 Å². The molecular weight excluding hydrogens is 248 g/mol. The summed E-state index contributed by atoms with van der Waals surface area (Å²) in [5.41, 5.74) is 1.19. The topological polar surface area (TPSA) is 23.6 Å². The number of benzene rings is 1. The molecule has 0 aliphatic heterocycles. The van der Waals surface area contributed by atoms with Crippen LogP contribution < -0.4 is 0 Å². The Balaban J connectivity index is 2.59. The first-order valence-corrected chi connectivity index (χ1v) is 7.64. The Hall–Kier alpha value is -1.35. The van der Waals surface area contributed by atoms with E-state index in [0.717, 1.165) is 19.6 Å². The fourth-order valence-corrected chi connectivity index (χ4v) is 2.28. The largest absolute Gasteiger partial charge is 0.336 e. The van der Waals surface area contributed by atoms with Crippen molar-refractivity contribution in [3.63, 3.8) is 0 Å². The fourth-order valence-electron chi connectivity index (χ4n) is 2.28. The molecule has 0 bridgehead atoms. The van der Waals surface area contributed by atoms with E-state index in [9.17, 15) is 4.79 Å². The third kappa shape index (κ3) is 5.33. The Bertz CT molecular complexity index is 385. The van der Waals surface area contributed by atoms with Crippen molar-refractivity contribution in [1.29, 1.82) is 0 Å². The van der Waals surface area contributed by atoms with Gasteiger partial charge in [-0.2, -0.15) is 0 Å². The summed E-state index contributed by atoms with van der Waals surface area (Å²) >= 11 is 0. The van der Waals surface area contributed by atoms with E-state index in [0.29, 0.717) is 13.0 Å². The van der Waals surface area contributed by atoms with E-state index in [2.05, 4.69) is 44.7 Å². The van der Waals surface area contributed by atoms with Crippen LogP contribution in [0, 0.1) is 0 Å². The van der Waals surface area contributed by atoms with Gasteiger partial charge in [0.1, 0.15) is 0 Å². The number of carbonyl (C=O) groups excluding carboxylic acids is 1. The zero-order valence-corrected chi connectivity index (χ0v) is 13.3. The Morgan fingerprint density at radius 1 is 1.10 bits per heavy atom. The lowest BCUT2D eigenvalue weighted by Crippen LogP contribution is -2.38. The Labute approximate surface area is 123 Å². The van der Waals surface area contributed by atoms with Crippen LogP contribution in [0.2, 0.25) is 0 Å². The molecule has 0 unspecified atom stereocenters. The molecule has 0 atom stereocenters. The quantitative estimate of drug-likeness (QED) is 0.728. The minimum Gasteiger partial charge on any atom is -0.336 e. The lowest BCUT2D eigenvalue weighted by molar-refractivity contribution is -0.133. The van der Waals surface area contributed by atoms with Gasteiger partial charge < -0.3 is 9.80 Å². The highest BCUT2D eigenvalue weighted by atomic mass is 16.2. The van der Waals surface area contributed by atoms with Gasteiger partial charge in [-0.3, -0.25) is 4.79 Å². The second kappa shape index (κ2) is 8.75. The van der Waals surface area contributed by atoms with E-state index in [1.54, 1.807) is 0 Å². The van der Waals surface area contributed by atoms with Crippen LogP contribution in [0.1, 0.15) is 39.7 Å². The molecule has 3 heteroatoms. The average Bonchev–Trinajstić information content (AvgIpc) is 2.46. The first kappa shape index (κ1) is 16.7. The molecule has 0 spiro atoms. The maximum Gasteiger partial charge on any atom is 0.224 e. The maximum atomic E-state index is 12.4. The minimum atomic E-state index is 0.236. The molecule has 0 N–H and O–H groups in total.